The van der Waals surface area contributed by atoms with Crippen molar-refractivity contribution in [1.82, 2.24) is 10.2 Å². The molecule has 1 saturated carbocycles. The Morgan fingerprint density at radius 3 is 2.09 bits per heavy atom. The van der Waals surface area contributed by atoms with Crippen molar-refractivity contribution in [3.63, 3.8) is 0 Å². The van der Waals surface area contributed by atoms with Gasteiger partial charge in [0, 0.05) is 18.3 Å². The van der Waals surface area contributed by atoms with E-state index in [0.717, 1.165) is 24.2 Å². The van der Waals surface area contributed by atoms with E-state index in [1.807, 2.05) is 19.1 Å². The average Bonchev–Trinajstić information content (AvgIpc) is 2.80. The molecular formula is C27H36N2O2S. The molecule has 5 heteroatoms. The van der Waals surface area contributed by atoms with Crippen molar-refractivity contribution >= 4 is 23.6 Å². The minimum Gasteiger partial charge on any atom is -0.352 e. The smallest absolute Gasteiger partial charge is 0.242 e. The SMILES string of the molecule is Cc1ccc(CSCC(=O)N(Cc2ccc(C)cc2)[C@H](C)C(=O)NC2CCCCC2)cc1. The second-order valence-electron chi connectivity index (χ2n) is 9.01. The molecule has 2 aromatic rings. The van der Waals surface area contributed by atoms with Crippen LogP contribution in [-0.2, 0) is 21.9 Å². The molecule has 3 rings (SSSR count). The second-order valence-corrected chi connectivity index (χ2v) is 9.99. The van der Waals surface area contributed by atoms with Crippen molar-refractivity contribution in [2.24, 2.45) is 0 Å². The van der Waals surface area contributed by atoms with Gasteiger partial charge in [-0.2, -0.15) is 0 Å². The van der Waals surface area contributed by atoms with E-state index in [1.54, 1.807) is 16.7 Å². The van der Waals surface area contributed by atoms with Crippen LogP contribution in [0, 0.1) is 13.8 Å². The summed E-state index contributed by atoms with van der Waals surface area (Å²) in [5.74, 6) is 1.11. The minimum atomic E-state index is -0.495. The number of rotatable bonds is 9. The number of benzene rings is 2. The van der Waals surface area contributed by atoms with Crippen molar-refractivity contribution in [3.05, 3.63) is 70.8 Å². The lowest BCUT2D eigenvalue weighted by atomic mass is 9.95. The van der Waals surface area contributed by atoms with E-state index < -0.39 is 6.04 Å². The van der Waals surface area contributed by atoms with Gasteiger partial charge in [-0.3, -0.25) is 9.59 Å². The van der Waals surface area contributed by atoms with E-state index in [4.69, 9.17) is 0 Å². The molecule has 4 nitrogen and oxygen atoms in total. The van der Waals surface area contributed by atoms with Crippen LogP contribution in [0.3, 0.4) is 0 Å². The summed E-state index contributed by atoms with van der Waals surface area (Å²) in [5.41, 5.74) is 4.67. The molecule has 2 amide bonds. The maximum absolute atomic E-state index is 13.2. The predicted octanol–water partition coefficient (Wildman–Crippen LogP) is 5.40. The van der Waals surface area contributed by atoms with Crippen molar-refractivity contribution < 1.29 is 9.59 Å². The molecule has 1 fully saturated rings. The van der Waals surface area contributed by atoms with Gasteiger partial charge < -0.3 is 10.2 Å². The summed E-state index contributed by atoms with van der Waals surface area (Å²) in [4.78, 5) is 28.0. The van der Waals surface area contributed by atoms with Crippen molar-refractivity contribution in [3.8, 4) is 0 Å². The first kappa shape index (κ1) is 24.4. The van der Waals surface area contributed by atoms with Crippen molar-refractivity contribution in [2.45, 2.75) is 77.3 Å². The number of nitrogens with zero attached hydrogens (tertiary/aromatic N) is 1. The third-order valence-electron chi connectivity index (χ3n) is 6.21. The Morgan fingerprint density at radius 1 is 0.938 bits per heavy atom. The molecule has 1 aliphatic carbocycles. The fourth-order valence-electron chi connectivity index (χ4n) is 4.06. The van der Waals surface area contributed by atoms with Crippen LogP contribution in [0.4, 0.5) is 0 Å². The number of hydrogen-bond acceptors (Lipinski definition) is 3. The summed E-state index contributed by atoms with van der Waals surface area (Å²) in [6, 6.07) is 16.3. The zero-order valence-electron chi connectivity index (χ0n) is 19.6. The fourth-order valence-corrected chi connectivity index (χ4v) is 4.94. The third kappa shape index (κ3) is 7.40. The molecule has 0 heterocycles. The van der Waals surface area contributed by atoms with Gasteiger partial charge in [0.05, 0.1) is 5.75 Å². The van der Waals surface area contributed by atoms with Crippen LogP contribution in [0.25, 0.3) is 0 Å². The van der Waals surface area contributed by atoms with Crippen LogP contribution in [0.15, 0.2) is 48.5 Å². The number of carbonyl (C=O) groups excluding carboxylic acids is 2. The summed E-state index contributed by atoms with van der Waals surface area (Å²) < 4.78 is 0. The van der Waals surface area contributed by atoms with Gasteiger partial charge in [-0.25, -0.2) is 0 Å². The first-order valence-corrected chi connectivity index (χ1v) is 12.9. The standard InChI is InChI=1S/C27H36N2O2S/c1-20-9-13-23(14-10-20)17-29(22(3)27(31)28-25-7-5-4-6-8-25)26(30)19-32-18-24-15-11-21(2)12-16-24/h9-16,22,25H,4-8,17-19H2,1-3H3,(H,28,31)/t22-/m1/s1. The number of carbonyl (C=O) groups is 2. The summed E-state index contributed by atoms with van der Waals surface area (Å²) in [7, 11) is 0. The Kier molecular flexibility index (Phi) is 9.22. The summed E-state index contributed by atoms with van der Waals surface area (Å²) in [6.45, 7) is 6.43. The van der Waals surface area contributed by atoms with Gasteiger partial charge in [0.2, 0.25) is 11.8 Å². The molecule has 0 spiro atoms. The second kappa shape index (κ2) is 12.1. The van der Waals surface area contributed by atoms with Gasteiger partial charge in [0.15, 0.2) is 0 Å². The normalized spacial score (nSPS) is 15.2. The highest BCUT2D eigenvalue weighted by Crippen LogP contribution is 2.19. The summed E-state index contributed by atoms with van der Waals surface area (Å²) in [5, 5.41) is 3.20. The molecule has 172 valence electrons. The van der Waals surface area contributed by atoms with Gasteiger partial charge >= 0.3 is 0 Å². The van der Waals surface area contributed by atoms with E-state index in [9.17, 15) is 9.59 Å². The van der Waals surface area contributed by atoms with Crippen molar-refractivity contribution in [1.29, 1.82) is 0 Å². The quantitative estimate of drug-likeness (QED) is 0.554. The Balaban J connectivity index is 1.64. The monoisotopic (exact) mass is 452 g/mol. The number of aryl methyl sites for hydroxylation is 2. The lowest BCUT2D eigenvalue weighted by Gasteiger charge is -2.31. The van der Waals surface area contributed by atoms with Gasteiger partial charge in [-0.15, -0.1) is 11.8 Å². The van der Waals surface area contributed by atoms with Crippen LogP contribution in [0.5, 0.6) is 0 Å². The van der Waals surface area contributed by atoms with Crippen LogP contribution in [-0.4, -0.2) is 34.6 Å². The molecule has 0 saturated heterocycles. The molecule has 1 N–H and O–H groups in total. The molecule has 0 aliphatic heterocycles. The molecule has 0 aromatic heterocycles. The first-order valence-electron chi connectivity index (χ1n) is 11.7. The van der Waals surface area contributed by atoms with Gasteiger partial charge in [0.1, 0.15) is 6.04 Å². The molecule has 0 unspecified atom stereocenters. The Labute approximate surface area is 197 Å². The molecule has 0 bridgehead atoms. The molecule has 32 heavy (non-hydrogen) atoms. The fraction of sp³-hybridized carbons (Fsp3) is 0.481. The lowest BCUT2D eigenvalue weighted by molar-refractivity contribution is -0.139. The molecule has 0 radical (unpaired) electrons. The zero-order valence-corrected chi connectivity index (χ0v) is 20.4. The zero-order chi connectivity index (χ0) is 22.9. The third-order valence-corrected chi connectivity index (χ3v) is 7.20. The average molecular weight is 453 g/mol. The Hall–Kier alpha value is -2.27. The van der Waals surface area contributed by atoms with Crippen LogP contribution >= 0.6 is 11.8 Å². The Bertz CT molecular complexity index is 874. The summed E-state index contributed by atoms with van der Waals surface area (Å²) in [6.07, 6.45) is 5.66. The number of hydrogen-bond donors (Lipinski definition) is 1. The number of amides is 2. The van der Waals surface area contributed by atoms with Crippen molar-refractivity contribution in [2.75, 3.05) is 5.75 Å². The highest BCUT2D eigenvalue weighted by molar-refractivity contribution is 7.99. The predicted molar refractivity (Wildman–Crippen MR) is 134 cm³/mol. The lowest BCUT2D eigenvalue weighted by Crippen LogP contribution is -2.50. The molecule has 2 aromatic carbocycles. The topological polar surface area (TPSA) is 49.4 Å². The van der Waals surface area contributed by atoms with Crippen LogP contribution in [0.1, 0.15) is 61.3 Å². The van der Waals surface area contributed by atoms with E-state index in [0.29, 0.717) is 12.3 Å². The number of nitrogens with one attached hydrogen (secondary N) is 1. The molecule has 1 aliphatic rings. The van der Waals surface area contributed by atoms with Gasteiger partial charge in [-0.05, 0) is 44.7 Å². The highest BCUT2D eigenvalue weighted by Gasteiger charge is 2.28. The minimum absolute atomic E-state index is 0.00832. The molecule has 1 atom stereocenters. The summed E-state index contributed by atoms with van der Waals surface area (Å²) >= 11 is 1.60. The van der Waals surface area contributed by atoms with E-state index in [1.165, 1.54) is 36.0 Å². The number of thioether (sulfide) groups is 1. The maximum Gasteiger partial charge on any atom is 0.242 e. The largest absolute Gasteiger partial charge is 0.352 e. The maximum atomic E-state index is 13.2. The first-order chi connectivity index (χ1) is 15.4. The Morgan fingerprint density at radius 2 is 1.50 bits per heavy atom. The van der Waals surface area contributed by atoms with E-state index >= 15 is 0 Å². The highest BCUT2D eigenvalue weighted by atomic mass is 32.2. The van der Waals surface area contributed by atoms with Crippen LogP contribution < -0.4 is 5.32 Å². The van der Waals surface area contributed by atoms with Gasteiger partial charge in [0.25, 0.3) is 0 Å². The van der Waals surface area contributed by atoms with E-state index in [2.05, 4.69) is 55.6 Å². The molecular weight excluding hydrogens is 416 g/mol. The van der Waals surface area contributed by atoms with Gasteiger partial charge in [-0.1, -0.05) is 78.9 Å². The van der Waals surface area contributed by atoms with Crippen LogP contribution in [0.2, 0.25) is 0 Å². The van der Waals surface area contributed by atoms with E-state index in [-0.39, 0.29) is 17.9 Å².